The van der Waals surface area contributed by atoms with Crippen LogP contribution in [0.5, 0.6) is 0 Å². The molecule has 18 heavy (non-hydrogen) atoms. The first-order chi connectivity index (χ1) is 8.70. The van der Waals surface area contributed by atoms with Crippen LogP contribution in [0.1, 0.15) is 11.6 Å². The largest absolute Gasteiger partial charge is 0.365 e. The lowest BCUT2D eigenvalue weighted by molar-refractivity contribution is 0.994. The fourth-order valence-corrected chi connectivity index (χ4v) is 2.43. The van der Waals surface area contributed by atoms with Gasteiger partial charge in [0.2, 0.25) is 0 Å². The van der Waals surface area contributed by atoms with Crippen LogP contribution in [-0.4, -0.2) is 0 Å². The van der Waals surface area contributed by atoms with Gasteiger partial charge in [0.25, 0.3) is 0 Å². The minimum atomic E-state index is -0.374. The maximum absolute atomic E-state index is 9.28. The zero-order valence-corrected chi connectivity index (χ0v) is 12.6. The maximum atomic E-state index is 9.28. The number of nitrogens with zero attached hydrogens (tertiary/aromatic N) is 1. The van der Waals surface area contributed by atoms with E-state index in [-0.39, 0.29) is 6.04 Å². The van der Waals surface area contributed by atoms with Crippen molar-refractivity contribution < 1.29 is 0 Å². The molecule has 1 N–H and O–H groups in total. The zero-order valence-electron chi connectivity index (χ0n) is 9.40. The predicted molar refractivity (Wildman–Crippen MR) is 80.3 cm³/mol. The van der Waals surface area contributed by atoms with Gasteiger partial charge in [-0.25, -0.2) is 0 Å². The molecule has 0 radical (unpaired) electrons. The van der Waals surface area contributed by atoms with Crippen molar-refractivity contribution in [3.05, 3.63) is 63.0 Å². The Labute approximate surface area is 123 Å². The minimum Gasteiger partial charge on any atom is -0.365 e. The Hall–Kier alpha value is -1.31. The SMILES string of the molecule is N#CC(Nc1ccccc1Br)c1cccc(Br)c1. The van der Waals surface area contributed by atoms with E-state index in [9.17, 15) is 5.26 Å². The topological polar surface area (TPSA) is 35.8 Å². The third-order valence-electron chi connectivity index (χ3n) is 2.48. The average molecular weight is 366 g/mol. The van der Waals surface area contributed by atoms with Gasteiger partial charge in [0.1, 0.15) is 6.04 Å². The minimum absolute atomic E-state index is 0.374. The van der Waals surface area contributed by atoms with Crippen molar-refractivity contribution in [2.75, 3.05) is 5.32 Å². The third-order valence-corrected chi connectivity index (χ3v) is 3.67. The molecule has 0 heterocycles. The Morgan fingerprint density at radius 2 is 1.83 bits per heavy atom. The molecule has 2 aromatic rings. The number of nitrogens with one attached hydrogen (secondary N) is 1. The fraction of sp³-hybridized carbons (Fsp3) is 0.0714. The lowest BCUT2D eigenvalue weighted by atomic mass is 10.1. The number of hydrogen-bond donors (Lipinski definition) is 1. The first-order valence-electron chi connectivity index (χ1n) is 5.37. The van der Waals surface area contributed by atoms with Gasteiger partial charge in [-0.2, -0.15) is 5.26 Å². The monoisotopic (exact) mass is 364 g/mol. The fourth-order valence-electron chi connectivity index (χ4n) is 1.61. The van der Waals surface area contributed by atoms with Crippen molar-refractivity contribution in [3.63, 3.8) is 0 Å². The van der Waals surface area contributed by atoms with Crippen LogP contribution in [0.25, 0.3) is 0 Å². The van der Waals surface area contributed by atoms with Crippen LogP contribution >= 0.6 is 31.9 Å². The second kappa shape index (κ2) is 6.03. The third kappa shape index (κ3) is 3.12. The van der Waals surface area contributed by atoms with Gasteiger partial charge in [-0.3, -0.25) is 0 Å². The highest BCUT2D eigenvalue weighted by atomic mass is 79.9. The highest BCUT2D eigenvalue weighted by molar-refractivity contribution is 9.10. The van der Waals surface area contributed by atoms with E-state index in [2.05, 4.69) is 43.2 Å². The summed E-state index contributed by atoms with van der Waals surface area (Å²) >= 11 is 6.87. The highest BCUT2D eigenvalue weighted by Gasteiger charge is 2.11. The highest BCUT2D eigenvalue weighted by Crippen LogP contribution is 2.27. The van der Waals surface area contributed by atoms with Crippen molar-refractivity contribution in [2.24, 2.45) is 0 Å². The molecule has 1 atom stereocenters. The van der Waals surface area contributed by atoms with Crippen LogP contribution in [0, 0.1) is 11.3 Å². The van der Waals surface area contributed by atoms with E-state index < -0.39 is 0 Å². The Balaban J connectivity index is 2.26. The van der Waals surface area contributed by atoms with Crippen LogP contribution < -0.4 is 5.32 Å². The summed E-state index contributed by atoms with van der Waals surface area (Å²) in [6.07, 6.45) is 0. The molecule has 0 saturated carbocycles. The van der Waals surface area contributed by atoms with Gasteiger partial charge in [-0.15, -0.1) is 0 Å². The van der Waals surface area contributed by atoms with E-state index in [0.29, 0.717) is 0 Å². The first-order valence-corrected chi connectivity index (χ1v) is 6.95. The molecule has 0 aliphatic heterocycles. The van der Waals surface area contributed by atoms with E-state index in [0.717, 1.165) is 20.2 Å². The zero-order chi connectivity index (χ0) is 13.0. The van der Waals surface area contributed by atoms with Crippen molar-refractivity contribution in [2.45, 2.75) is 6.04 Å². The van der Waals surface area contributed by atoms with Crippen LogP contribution in [0.3, 0.4) is 0 Å². The van der Waals surface area contributed by atoms with Crippen LogP contribution in [0.4, 0.5) is 5.69 Å². The maximum Gasteiger partial charge on any atom is 0.140 e. The number of halogens is 2. The molecule has 0 saturated heterocycles. The molecule has 0 aliphatic rings. The van der Waals surface area contributed by atoms with Crippen molar-refractivity contribution >= 4 is 37.5 Å². The van der Waals surface area contributed by atoms with E-state index in [1.165, 1.54) is 0 Å². The van der Waals surface area contributed by atoms with Gasteiger partial charge < -0.3 is 5.32 Å². The number of anilines is 1. The molecule has 0 bridgehead atoms. The summed E-state index contributed by atoms with van der Waals surface area (Å²) in [5.41, 5.74) is 1.84. The molecule has 0 aromatic heterocycles. The summed E-state index contributed by atoms with van der Waals surface area (Å²) in [6.45, 7) is 0. The van der Waals surface area contributed by atoms with Gasteiger partial charge in [-0.05, 0) is 45.8 Å². The molecule has 0 aliphatic carbocycles. The Bertz CT molecular complexity index is 590. The average Bonchev–Trinajstić information content (AvgIpc) is 2.38. The molecule has 2 nitrogen and oxygen atoms in total. The molecular formula is C14H10Br2N2. The van der Waals surface area contributed by atoms with E-state index in [1.54, 1.807) is 0 Å². The summed E-state index contributed by atoms with van der Waals surface area (Å²) in [6, 6.07) is 17.4. The molecule has 1 unspecified atom stereocenters. The molecule has 4 heteroatoms. The van der Waals surface area contributed by atoms with Crippen LogP contribution in [0.15, 0.2) is 57.5 Å². The molecular weight excluding hydrogens is 356 g/mol. The molecule has 0 spiro atoms. The van der Waals surface area contributed by atoms with Crippen LogP contribution in [-0.2, 0) is 0 Å². The molecule has 2 rings (SSSR count). The number of benzene rings is 2. The van der Waals surface area contributed by atoms with Gasteiger partial charge >= 0.3 is 0 Å². The van der Waals surface area contributed by atoms with E-state index in [1.807, 2.05) is 48.5 Å². The van der Waals surface area contributed by atoms with Gasteiger partial charge in [-0.1, -0.05) is 40.2 Å². The smallest absolute Gasteiger partial charge is 0.140 e. The molecule has 0 fully saturated rings. The van der Waals surface area contributed by atoms with Crippen molar-refractivity contribution in [3.8, 4) is 6.07 Å². The number of para-hydroxylation sites is 1. The number of nitriles is 1. The Kier molecular flexibility index (Phi) is 4.40. The normalized spacial score (nSPS) is 11.6. The van der Waals surface area contributed by atoms with Gasteiger partial charge in [0, 0.05) is 14.6 Å². The summed E-state index contributed by atoms with van der Waals surface area (Å²) in [5, 5.41) is 12.5. The number of rotatable bonds is 3. The van der Waals surface area contributed by atoms with Gasteiger partial charge in [0.05, 0.1) is 6.07 Å². The van der Waals surface area contributed by atoms with E-state index in [4.69, 9.17) is 0 Å². The second-order valence-electron chi connectivity index (χ2n) is 3.74. The lowest BCUT2D eigenvalue weighted by Crippen LogP contribution is -2.08. The van der Waals surface area contributed by atoms with Crippen molar-refractivity contribution in [1.82, 2.24) is 0 Å². The summed E-state index contributed by atoms with van der Waals surface area (Å²) in [4.78, 5) is 0. The molecule has 0 amide bonds. The van der Waals surface area contributed by atoms with Crippen molar-refractivity contribution in [1.29, 1.82) is 5.26 Å². The standard InChI is InChI=1S/C14H10Br2N2/c15-11-5-3-4-10(8-11)14(9-17)18-13-7-2-1-6-12(13)16/h1-8,14,18H. The van der Waals surface area contributed by atoms with Crippen LogP contribution in [0.2, 0.25) is 0 Å². The summed E-state index contributed by atoms with van der Waals surface area (Å²) in [5.74, 6) is 0. The summed E-state index contributed by atoms with van der Waals surface area (Å²) < 4.78 is 1.91. The number of hydrogen-bond acceptors (Lipinski definition) is 2. The second-order valence-corrected chi connectivity index (χ2v) is 5.51. The van der Waals surface area contributed by atoms with E-state index >= 15 is 0 Å². The molecule has 90 valence electrons. The quantitative estimate of drug-likeness (QED) is 0.840. The Morgan fingerprint density at radius 3 is 2.50 bits per heavy atom. The summed E-state index contributed by atoms with van der Waals surface area (Å²) in [7, 11) is 0. The predicted octanol–water partition coefficient (Wildman–Crippen LogP) is 4.89. The lowest BCUT2D eigenvalue weighted by Gasteiger charge is -2.14. The first kappa shape index (κ1) is 13.1. The van der Waals surface area contributed by atoms with Gasteiger partial charge in [0.15, 0.2) is 0 Å². The molecule has 2 aromatic carbocycles. The Morgan fingerprint density at radius 1 is 1.06 bits per heavy atom.